The third-order valence-electron chi connectivity index (χ3n) is 1.45. The van der Waals surface area contributed by atoms with E-state index in [-0.39, 0.29) is 0 Å². The van der Waals surface area contributed by atoms with Gasteiger partial charge in [-0.15, -0.1) is 0 Å². The first kappa shape index (κ1) is 5.40. The molecule has 0 N–H and O–H groups in total. The second-order valence-electron chi connectivity index (χ2n) is 2.32. The molecule has 5 nitrogen and oxygen atoms in total. The van der Waals surface area contributed by atoms with E-state index in [0.717, 1.165) is 5.65 Å². The third-order valence-corrected chi connectivity index (χ3v) is 1.45. The molecule has 2 heterocycles. The molecule has 0 fully saturated rings. The van der Waals surface area contributed by atoms with Gasteiger partial charge in [0.05, 0.1) is 12.3 Å². The lowest BCUT2D eigenvalue weighted by Gasteiger charge is -1.76. The molecule has 0 spiro atoms. The maximum absolute atomic E-state index is 3.85. The van der Waals surface area contributed by atoms with Gasteiger partial charge in [-0.05, 0) is 5.21 Å². The molecule has 0 amide bonds. The maximum atomic E-state index is 3.85. The molecule has 52 valence electrons. The minimum atomic E-state index is 0.988. The Balaban J connectivity index is 2.90. The molecule has 5 heteroatoms. The maximum Gasteiger partial charge on any atom is 0.287 e. The molecular formula is C5H8N5+. The Bertz CT molecular complexity index is 357. The van der Waals surface area contributed by atoms with Gasteiger partial charge in [-0.25, -0.2) is 9.25 Å². The fraction of sp³-hybridized carbons (Fsp3) is 0.400. The Morgan fingerprint density at radius 3 is 3.00 bits per heavy atom. The predicted molar refractivity (Wildman–Crippen MR) is 33.1 cm³/mol. The summed E-state index contributed by atoms with van der Waals surface area (Å²) in [4.78, 5) is 0. The first-order valence-electron chi connectivity index (χ1n) is 3.00. The van der Waals surface area contributed by atoms with E-state index in [1.807, 2.05) is 31.2 Å². The molecule has 0 aliphatic carbocycles. The van der Waals surface area contributed by atoms with Gasteiger partial charge in [0.2, 0.25) is 0 Å². The first-order valence-corrected chi connectivity index (χ1v) is 3.00. The lowest BCUT2D eigenvalue weighted by molar-refractivity contribution is -0.670. The predicted octanol–water partition coefficient (Wildman–Crippen LogP) is -1.11. The first-order chi connectivity index (χ1) is 4.77. The Kier molecular flexibility index (Phi) is 0.841. The van der Waals surface area contributed by atoms with Crippen LogP contribution >= 0.6 is 0 Å². The summed E-state index contributed by atoms with van der Waals surface area (Å²) >= 11 is 0. The van der Waals surface area contributed by atoms with Crippen LogP contribution in [0.4, 0.5) is 0 Å². The second-order valence-corrected chi connectivity index (χ2v) is 2.32. The fourth-order valence-electron chi connectivity index (χ4n) is 0.956. The quantitative estimate of drug-likeness (QED) is 0.433. The summed E-state index contributed by atoms with van der Waals surface area (Å²) in [6.45, 7) is 0. The number of nitrogens with zero attached hydrogens (tertiary/aromatic N) is 5. The summed E-state index contributed by atoms with van der Waals surface area (Å²) in [5.41, 5.74) is 0.988. The van der Waals surface area contributed by atoms with E-state index in [0.29, 0.717) is 0 Å². The van der Waals surface area contributed by atoms with Crippen molar-refractivity contribution in [2.45, 2.75) is 0 Å². The van der Waals surface area contributed by atoms with Crippen molar-refractivity contribution in [1.29, 1.82) is 0 Å². The van der Waals surface area contributed by atoms with Gasteiger partial charge in [0.1, 0.15) is 0 Å². The zero-order valence-corrected chi connectivity index (χ0v) is 5.89. The number of tetrazole rings is 1. The number of rotatable bonds is 0. The van der Waals surface area contributed by atoms with Crippen LogP contribution in [0.15, 0.2) is 12.5 Å². The van der Waals surface area contributed by atoms with Gasteiger partial charge in [-0.1, -0.05) is 4.52 Å². The number of hydrogen-bond acceptors (Lipinski definition) is 2. The normalized spacial score (nSPS) is 11.0. The van der Waals surface area contributed by atoms with Gasteiger partial charge < -0.3 is 0 Å². The third kappa shape index (κ3) is 0.541. The number of aryl methyl sites for hydroxylation is 2. The van der Waals surface area contributed by atoms with Crippen molar-refractivity contribution in [3.05, 3.63) is 12.5 Å². The van der Waals surface area contributed by atoms with Gasteiger partial charge in [0, 0.05) is 7.05 Å². The molecule has 0 unspecified atom stereocenters. The van der Waals surface area contributed by atoms with Gasteiger partial charge in [0.15, 0.2) is 6.20 Å². The lowest BCUT2D eigenvalue weighted by atomic mass is 10.8. The van der Waals surface area contributed by atoms with E-state index in [9.17, 15) is 0 Å². The van der Waals surface area contributed by atoms with E-state index in [1.165, 1.54) is 0 Å². The highest BCUT2D eigenvalue weighted by atomic mass is 15.6. The molecule has 10 heavy (non-hydrogen) atoms. The summed E-state index contributed by atoms with van der Waals surface area (Å²) in [5, 5.41) is 7.66. The average Bonchev–Trinajstić information content (AvgIpc) is 2.35. The Morgan fingerprint density at radius 1 is 1.50 bits per heavy atom. The van der Waals surface area contributed by atoms with Crippen LogP contribution in [-0.4, -0.2) is 19.6 Å². The Hall–Kier alpha value is -1.39. The van der Waals surface area contributed by atoms with Crippen molar-refractivity contribution in [3.8, 4) is 0 Å². The molecule has 2 aromatic heterocycles. The fourth-order valence-corrected chi connectivity index (χ4v) is 0.956. The minimum Gasteiger partial charge on any atom is -0.235 e. The summed E-state index contributed by atoms with van der Waals surface area (Å²) < 4.78 is 5.38. The van der Waals surface area contributed by atoms with Gasteiger partial charge in [-0.3, -0.25) is 0 Å². The summed E-state index contributed by atoms with van der Waals surface area (Å²) in [6, 6.07) is 0. The highest BCUT2D eigenvalue weighted by Gasteiger charge is 2.08. The summed E-state index contributed by atoms with van der Waals surface area (Å²) in [5.74, 6) is 0. The number of hydrogen-bond donors (Lipinski definition) is 0. The highest BCUT2D eigenvalue weighted by molar-refractivity contribution is 5.29. The van der Waals surface area contributed by atoms with E-state index in [2.05, 4.69) is 10.4 Å². The molecule has 0 bridgehead atoms. The van der Waals surface area contributed by atoms with Crippen LogP contribution in [0, 0.1) is 0 Å². The van der Waals surface area contributed by atoms with Gasteiger partial charge in [0.25, 0.3) is 12.0 Å². The minimum absolute atomic E-state index is 0.988. The van der Waals surface area contributed by atoms with E-state index < -0.39 is 0 Å². The van der Waals surface area contributed by atoms with Crippen molar-refractivity contribution in [1.82, 2.24) is 19.6 Å². The Morgan fingerprint density at radius 2 is 2.30 bits per heavy atom. The summed E-state index contributed by atoms with van der Waals surface area (Å²) in [6.07, 6.45) is 3.82. The molecule has 0 atom stereocenters. The van der Waals surface area contributed by atoms with Crippen LogP contribution in [0.25, 0.3) is 5.65 Å². The molecule has 0 radical (unpaired) electrons. The van der Waals surface area contributed by atoms with Crippen molar-refractivity contribution in [3.63, 3.8) is 0 Å². The van der Waals surface area contributed by atoms with Crippen LogP contribution in [0.3, 0.4) is 0 Å². The van der Waals surface area contributed by atoms with Crippen molar-refractivity contribution < 1.29 is 4.57 Å². The van der Waals surface area contributed by atoms with Crippen LogP contribution < -0.4 is 4.57 Å². The van der Waals surface area contributed by atoms with Crippen molar-refractivity contribution in [2.75, 3.05) is 0 Å². The van der Waals surface area contributed by atoms with E-state index >= 15 is 0 Å². The monoisotopic (exact) mass is 138 g/mol. The van der Waals surface area contributed by atoms with E-state index in [4.69, 9.17) is 0 Å². The Labute approximate surface area is 57.5 Å². The van der Waals surface area contributed by atoms with E-state index in [1.54, 1.807) is 9.20 Å². The SMILES string of the molecule is Cn1nnn2c[n+](C)cc12. The van der Waals surface area contributed by atoms with Gasteiger partial charge >= 0.3 is 0 Å². The van der Waals surface area contributed by atoms with Crippen LogP contribution in [0.1, 0.15) is 0 Å². The zero-order chi connectivity index (χ0) is 7.14. The molecule has 0 aliphatic heterocycles. The molecular weight excluding hydrogens is 130 g/mol. The second kappa shape index (κ2) is 1.56. The number of imidazole rings is 1. The topological polar surface area (TPSA) is 39.0 Å². The van der Waals surface area contributed by atoms with Crippen LogP contribution in [0.2, 0.25) is 0 Å². The van der Waals surface area contributed by atoms with Crippen molar-refractivity contribution in [2.24, 2.45) is 14.1 Å². The molecule has 0 saturated carbocycles. The van der Waals surface area contributed by atoms with Crippen LogP contribution in [-0.2, 0) is 14.1 Å². The summed E-state index contributed by atoms with van der Waals surface area (Å²) in [7, 11) is 3.82. The molecule has 0 saturated heterocycles. The smallest absolute Gasteiger partial charge is 0.235 e. The van der Waals surface area contributed by atoms with Gasteiger partial charge in [-0.2, -0.15) is 0 Å². The average molecular weight is 138 g/mol. The molecule has 0 aliphatic rings. The standard InChI is InChI=1S/C5H8N5/c1-8-3-5-9(2)6-7-10(5)4-8/h3-4H,1-2H3/q+1. The number of aromatic nitrogens is 5. The molecule has 2 aromatic rings. The van der Waals surface area contributed by atoms with Crippen LogP contribution in [0.5, 0.6) is 0 Å². The van der Waals surface area contributed by atoms with Crippen molar-refractivity contribution >= 4 is 5.65 Å². The highest BCUT2D eigenvalue weighted by Crippen LogP contribution is 1.91. The zero-order valence-electron chi connectivity index (χ0n) is 5.89. The molecule has 2 rings (SSSR count). The largest absolute Gasteiger partial charge is 0.287 e. The lowest BCUT2D eigenvalue weighted by Crippen LogP contribution is -2.23. The molecule has 0 aromatic carbocycles. The number of fused-ring (bicyclic) bond motifs is 1.